The molecule has 25 heavy (non-hydrogen) atoms. The third-order valence-electron chi connectivity index (χ3n) is 4.98. The van der Waals surface area contributed by atoms with Crippen LogP contribution in [0.1, 0.15) is 21.6 Å². The van der Waals surface area contributed by atoms with Crippen molar-refractivity contribution in [2.75, 3.05) is 46.4 Å². The van der Waals surface area contributed by atoms with Crippen LogP contribution >= 0.6 is 0 Å². The SMILES string of the molecule is Cc1ccc2[nH]c(C(=O)N(C)CC(O)CN3CCOCC3)cc2c1C. The molecule has 0 radical (unpaired) electrons. The predicted molar refractivity (Wildman–Crippen MR) is 98.0 cm³/mol. The fraction of sp³-hybridized carbons (Fsp3) is 0.526. The van der Waals surface area contributed by atoms with Crippen LogP contribution in [0, 0.1) is 13.8 Å². The molecule has 1 aromatic carbocycles. The zero-order chi connectivity index (χ0) is 18.0. The Balaban J connectivity index is 1.64. The zero-order valence-corrected chi connectivity index (χ0v) is 15.2. The van der Waals surface area contributed by atoms with Crippen LogP contribution in [0.5, 0.6) is 0 Å². The number of carbonyl (C=O) groups excluding carboxylic acids is 1. The summed E-state index contributed by atoms with van der Waals surface area (Å²) >= 11 is 0. The van der Waals surface area contributed by atoms with Crippen LogP contribution in [0.15, 0.2) is 18.2 Å². The van der Waals surface area contributed by atoms with E-state index in [0.29, 0.717) is 32.0 Å². The number of rotatable bonds is 5. The molecule has 1 atom stereocenters. The summed E-state index contributed by atoms with van der Waals surface area (Å²) in [6.07, 6.45) is -0.569. The van der Waals surface area contributed by atoms with Gasteiger partial charge in [0, 0.05) is 44.1 Å². The molecule has 0 aliphatic carbocycles. The number of ether oxygens (including phenoxy) is 1. The van der Waals surface area contributed by atoms with E-state index in [-0.39, 0.29) is 5.91 Å². The minimum absolute atomic E-state index is 0.103. The number of aromatic amines is 1. The quantitative estimate of drug-likeness (QED) is 0.863. The number of nitrogens with zero attached hydrogens (tertiary/aromatic N) is 2. The lowest BCUT2D eigenvalue weighted by molar-refractivity contribution is 0.00875. The van der Waals surface area contributed by atoms with Gasteiger partial charge < -0.3 is 19.7 Å². The van der Waals surface area contributed by atoms with Crippen molar-refractivity contribution in [3.63, 3.8) is 0 Å². The van der Waals surface area contributed by atoms with Gasteiger partial charge in [0.05, 0.1) is 19.3 Å². The lowest BCUT2D eigenvalue weighted by Crippen LogP contribution is -2.45. The smallest absolute Gasteiger partial charge is 0.270 e. The molecule has 0 bridgehead atoms. The second-order valence-corrected chi connectivity index (χ2v) is 6.90. The number of H-pyrrole nitrogens is 1. The van der Waals surface area contributed by atoms with Crippen molar-refractivity contribution in [3.8, 4) is 0 Å². The van der Waals surface area contributed by atoms with Gasteiger partial charge in [0.15, 0.2) is 0 Å². The van der Waals surface area contributed by atoms with E-state index in [2.05, 4.69) is 29.8 Å². The molecular formula is C19H27N3O3. The first-order valence-corrected chi connectivity index (χ1v) is 8.78. The lowest BCUT2D eigenvalue weighted by Gasteiger charge is -2.30. The number of aromatic nitrogens is 1. The number of fused-ring (bicyclic) bond motifs is 1. The Morgan fingerprint density at radius 3 is 2.80 bits per heavy atom. The highest BCUT2D eigenvalue weighted by Gasteiger charge is 2.20. The first kappa shape index (κ1) is 17.9. The van der Waals surface area contributed by atoms with E-state index in [1.54, 1.807) is 11.9 Å². The van der Waals surface area contributed by atoms with E-state index in [0.717, 1.165) is 24.0 Å². The average molecular weight is 345 g/mol. The highest BCUT2D eigenvalue weighted by Crippen LogP contribution is 2.23. The number of morpholine rings is 1. The third-order valence-corrected chi connectivity index (χ3v) is 4.98. The van der Waals surface area contributed by atoms with E-state index in [9.17, 15) is 9.90 Å². The summed E-state index contributed by atoms with van der Waals surface area (Å²) in [6, 6.07) is 5.96. The standard InChI is InChI=1S/C19H27N3O3/c1-13-4-5-17-16(14(13)2)10-18(20-17)19(24)21(3)11-15(23)12-22-6-8-25-9-7-22/h4-5,10,15,20,23H,6-9,11-12H2,1-3H3. The molecule has 0 saturated carbocycles. The second-order valence-electron chi connectivity index (χ2n) is 6.90. The summed E-state index contributed by atoms with van der Waals surface area (Å²) < 4.78 is 5.31. The molecule has 6 nitrogen and oxygen atoms in total. The van der Waals surface area contributed by atoms with Crippen molar-refractivity contribution in [1.82, 2.24) is 14.8 Å². The van der Waals surface area contributed by atoms with Gasteiger partial charge in [-0.15, -0.1) is 0 Å². The van der Waals surface area contributed by atoms with Crippen molar-refractivity contribution >= 4 is 16.8 Å². The molecule has 3 rings (SSSR count). The molecular weight excluding hydrogens is 318 g/mol. The summed E-state index contributed by atoms with van der Waals surface area (Å²) in [5.74, 6) is -0.103. The summed E-state index contributed by atoms with van der Waals surface area (Å²) in [4.78, 5) is 19.6. The number of carbonyl (C=O) groups is 1. The summed E-state index contributed by atoms with van der Waals surface area (Å²) in [5, 5.41) is 11.4. The van der Waals surface area contributed by atoms with Gasteiger partial charge in [0.1, 0.15) is 5.69 Å². The van der Waals surface area contributed by atoms with Crippen LogP contribution in [0.25, 0.3) is 10.9 Å². The normalized spacial score (nSPS) is 17.0. The van der Waals surface area contributed by atoms with Crippen LogP contribution in [0.4, 0.5) is 0 Å². The molecule has 136 valence electrons. The first-order chi connectivity index (χ1) is 12.0. The Labute approximate surface area is 148 Å². The number of likely N-dealkylation sites (N-methyl/N-ethyl adjacent to an activating group) is 1. The molecule has 1 unspecified atom stereocenters. The number of amides is 1. The number of aryl methyl sites for hydroxylation is 2. The minimum Gasteiger partial charge on any atom is -0.390 e. The van der Waals surface area contributed by atoms with Crippen molar-refractivity contribution in [2.24, 2.45) is 0 Å². The van der Waals surface area contributed by atoms with Gasteiger partial charge in [-0.05, 0) is 37.1 Å². The zero-order valence-electron chi connectivity index (χ0n) is 15.2. The van der Waals surface area contributed by atoms with E-state index < -0.39 is 6.10 Å². The van der Waals surface area contributed by atoms with Gasteiger partial charge in [-0.2, -0.15) is 0 Å². The molecule has 2 aromatic rings. The molecule has 1 amide bonds. The number of nitrogens with one attached hydrogen (secondary N) is 1. The number of aliphatic hydroxyl groups is 1. The van der Waals surface area contributed by atoms with Gasteiger partial charge in [-0.25, -0.2) is 0 Å². The van der Waals surface area contributed by atoms with E-state index in [4.69, 9.17) is 4.74 Å². The number of hydrogen-bond donors (Lipinski definition) is 2. The van der Waals surface area contributed by atoms with Crippen LogP contribution in [-0.4, -0.2) is 78.3 Å². The molecule has 1 fully saturated rings. The maximum absolute atomic E-state index is 12.7. The Morgan fingerprint density at radius 2 is 2.08 bits per heavy atom. The largest absolute Gasteiger partial charge is 0.390 e. The van der Waals surface area contributed by atoms with Crippen LogP contribution in [0.2, 0.25) is 0 Å². The Morgan fingerprint density at radius 1 is 1.36 bits per heavy atom. The third kappa shape index (κ3) is 4.03. The van der Waals surface area contributed by atoms with E-state index in [1.807, 2.05) is 12.1 Å². The van der Waals surface area contributed by atoms with Crippen molar-refractivity contribution in [1.29, 1.82) is 0 Å². The Hall–Kier alpha value is -1.89. The molecule has 0 spiro atoms. The van der Waals surface area contributed by atoms with Crippen LogP contribution in [-0.2, 0) is 4.74 Å². The molecule has 2 heterocycles. The average Bonchev–Trinajstić information content (AvgIpc) is 3.03. The highest BCUT2D eigenvalue weighted by atomic mass is 16.5. The van der Waals surface area contributed by atoms with Crippen molar-refractivity contribution in [3.05, 3.63) is 35.0 Å². The molecule has 1 aromatic heterocycles. The van der Waals surface area contributed by atoms with E-state index in [1.165, 1.54) is 11.1 Å². The first-order valence-electron chi connectivity index (χ1n) is 8.78. The summed E-state index contributed by atoms with van der Waals surface area (Å²) in [5.41, 5.74) is 3.92. The molecule has 1 saturated heterocycles. The van der Waals surface area contributed by atoms with Gasteiger partial charge in [-0.1, -0.05) is 6.07 Å². The van der Waals surface area contributed by atoms with Gasteiger partial charge in [0.2, 0.25) is 0 Å². The summed E-state index contributed by atoms with van der Waals surface area (Å²) in [6.45, 7) is 8.07. The minimum atomic E-state index is -0.569. The molecule has 6 heteroatoms. The fourth-order valence-electron chi connectivity index (χ4n) is 3.32. The number of benzene rings is 1. The van der Waals surface area contributed by atoms with Gasteiger partial charge in [-0.3, -0.25) is 9.69 Å². The Kier molecular flexibility index (Phi) is 5.42. The lowest BCUT2D eigenvalue weighted by atomic mass is 10.1. The second kappa shape index (κ2) is 7.56. The van der Waals surface area contributed by atoms with Crippen molar-refractivity contribution in [2.45, 2.75) is 20.0 Å². The number of β-amino-alcohol motifs (C(OH)–C–C–N with tert-alkyl or cyclic N) is 1. The van der Waals surface area contributed by atoms with Crippen LogP contribution in [0.3, 0.4) is 0 Å². The molecule has 2 N–H and O–H groups in total. The maximum atomic E-state index is 12.7. The summed E-state index contributed by atoms with van der Waals surface area (Å²) in [7, 11) is 1.73. The highest BCUT2D eigenvalue weighted by molar-refractivity contribution is 5.99. The topological polar surface area (TPSA) is 68.8 Å². The number of hydrogen-bond acceptors (Lipinski definition) is 4. The molecule has 1 aliphatic heterocycles. The Bertz CT molecular complexity index is 750. The monoisotopic (exact) mass is 345 g/mol. The fourth-order valence-corrected chi connectivity index (χ4v) is 3.32. The van der Waals surface area contributed by atoms with Gasteiger partial charge in [0.25, 0.3) is 5.91 Å². The van der Waals surface area contributed by atoms with Crippen molar-refractivity contribution < 1.29 is 14.6 Å². The number of aliphatic hydroxyl groups excluding tert-OH is 1. The maximum Gasteiger partial charge on any atom is 0.270 e. The predicted octanol–water partition coefficient (Wildman–Crippen LogP) is 1.55. The molecule has 1 aliphatic rings. The van der Waals surface area contributed by atoms with Gasteiger partial charge >= 0.3 is 0 Å². The van der Waals surface area contributed by atoms with E-state index >= 15 is 0 Å². The van der Waals surface area contributed by atoms with Crippen LogP contribution < -0.4 is 0 Å².